The Balaban J connectivity index is 1.66. The van der Waals surface area contributed by atoms with Gasteiger partial charge in [-0.1, -0.05) is 29.8 Å². The molecule has 3 aromatic rings. The van der Waals surface area contributed by atoms with Gasteiger partial charge in [0.2, 0.25) is 0 Å². The van der Waals surface area contributed by atoms with Gasteiger partial charge < -0.3 is 5.73 Å². The van der Waals surface area contributed by atoms with Gasteiger partial charge in [-0.05, 0) is 43.5 Å². The summed E-state index contributed by atoms with van der Waals surface area (Å²) in [5, 5.41) is 10.7. The van der Waals surface area contributed by atoms with Crippen LogP contribution in [0.25, 0.3) is 10.8 Å². The zero-order valence-electron chi connectivity index (χ0n) is 14.1. The highest BCUT2D eigenvalue weighted by molar-refractivity contribution is 6.01. The van der Waals surface area contributed by atoms with E-state index in [1.54, 1.807) is 6.20 Å². The molecule has 0 bridgehead atoms. The van der Waals surface area contributed by atoms with Gasteiger partial charge in [0.05, 0.1) is 5.69 Å². The van der Waals surface area contributed by atoms with Crippen LogP contribution in [0.4, 0.5) is 17.2 Å². The molecule has 1 aliphatic rings. The quantitative estimate of drug-likeness (QED) is 0.677. The van der Waals surface area contributed by atoms with Crippen LogP contribution < -0.4 is 5.73 Å². The molecule has 4 rings (SSSR count). The zero-order valence-corrected chi connectivity index (χ0v) is 14.1. The van der Waals surface area contributed by atoms with Crippen molar-refractivity contribution >= 4 is 33.7 Å². The highest BCUT2D eigenvalue weighted by atomic mass is 15.1. The molecule has 124 valence electrons. The monoisotopic (exact) mass is 329 g/mol. The van der Waals surface area contributed by atoms with Gasteiger partial charge in [0.25, 0.3) is 0 Å². The minimum Gasteiger partial charge on any atom is -0.382 e. The van der Waals surface area contributed by atoms with Gasteiger partial charge in [-0.3, -0.25) is 4.99 Å². The van der Waals surface area contributed by atoms with Crippen LogP contribution >= 0.6 is 0 Å². The van der Waals surface area contributed by atoms with Gasteiger partial charge in [-0.2, -0.15) is 5.11 Å². The normalized spacial score (nSPS) is 14.4. The van der Waals surface area contributed by atoms with Crippen molar-refractivity contribution < 1.29 is 0 Å². The molecule has 0 unspecified atom stereocenters. The number of aromatic nitrogens is 1. The predicted octanol–water partition coefficient (Wildman–Crippen LogP) is 5.12. The number of nitrogens with zero attached hydrogens (tertiary/aromatic N) is 4. The van der Waals surface area contributed by atoms with E-state index in [4.69, 9.17) is 5.73 Å². The third-order valence-electron chi connectivity index (χ3n) is 4.39. The van der Waals surface area contributed by atoms with Crippen molar-refractivity contribution in [1.82, 2.24) is 4.98 Å². The number of rotatable bonds is 3. The smallest absolute Gasteiger partial charge is 0.151 e. The van der Waals surface area contributed by atoms with Crippen LogP contribution in [-0.4, -0.2) is 17.2 Å². The summed E-state index contributed by atoms with van der Waals surface area (Å²) in [4.78, 5) is 8.74. The van der Waals surface area contributed by atoms with Gasteiger partial charge in [-0.25, -0.2) is 4.98 Å². The molecule has 1 aromatic heterocycles. The molecule has 0 saturated heterocycles. The molecule has 0 spiro atoms. The van der Waals surface area contributed by atoms with Crippen molar-refractivity contribution in [3.05, 3.63) is 59.8 Å². The molecule has 2 N–H and O–H groups in total. The molecule has 0 atom stereocenters. The van der Waals surface area contributed by atoms with Gasteiger partial charge >= 0.3 is 0 Å². The molecular weight excluding hydrogens is 310 g/mol. The van der Waals surface area contributed by atoms with Gasteiger partial charge in [-0.15, -0.1) is 5.11 Å². The molecule has 5 heteroatoms. The minimum atomic E-state index is 0.388. The van der Waals surface area contributed by atoms with E-state index in [9.17, 15) is 0 Å². The summed E-state index contributed by atoms with van der Waals surface area (Å²) in [6.07, 6.45) is 3.96. The number of aliphatic imine (C=N–C) groups is 1. The number of hydrogen-bond acceptors (Lipinski definition) is 5. The van der Waals surface area contributed by atoms with Crippen LogP contribution in [0.3, 0.4) is 0 Å². The molecule has 2 aromatic carbocycles. The fraction of sp³-hybridized carbons (Fsp3) is 0.200. The number of nitrogen functional groups attached to an aromatic ring is 1. The second kappa shape index (κ2) is 6.43. The number of anilines is 1. The van der Waals surface area contributed by atoms with Crippen molar-refractivity contribution in [1.29, 1.82) is 0 Å². The first-order valence-electron chi connectivity index (χ1n) is 8.41. The van der Waals surface area contributed by atoms with Crippen molar-refractivity contribution in [3.8, 4) is 0 Å². The average molecular weight is 329 g/mol. The summed E-state index contributed by atoms with van der Waals surface area (Å²) in [6, 6.07) is 14.1. The Labute approximate surface area is 146 Å². The minimum absolute atomic E-state index is 0.388. The summed E-state index contributed by atoms with van der Waals surface area (Å²) < 4.78 is 0. The Morgan fingerprint density at radius 2 is 1.88 bits per heavy atom. The first-order chi connectivity index (χ1) is 12.2. The summed E-state index contributed by atoms with van der Waals surface area (Å²) >= 11 is 0. The predicted molar refractivity (Wildman–Crippen MR) is 102 cm³/mol. The SMILES string of the molecule is Cc1ccc2cnc(N)c(N=Nc3ccc(C4=NCCC4)cc3)c2c1. The lowest BCUT2D eigenvalue weighted by Gasteiger charge is -2.05. The molecule has 0 saturated carbocycles. The van der Waals surface area contributed by atoms with Crippen LogP contribution in [0.2, 0.25) is 0 Å². The molecule has 0 fully saturated rings. The third-order valence-corrected chi connectivity index (χ3v) is 4.39. The molecule has 0 amide bonds. The van der Waals surface area contributed by atoms with E-state index in [1.165, 1.54) is 11.3 Å². The van der Waals surface area contributed by atoms with Crippen molar-refractivity contribution in [3.63, 3.8) is 0 Å². The highest BCUT2D eigenvalue weighted by Crippen LogP contribution is 2.32. The van der Waals surface area contributed by atoms with Crippen LogP contribution in [0.5, 0.6) is 0 Å². The molecule has 0 radical (unpaired) electrons. The number of aryl methyl sites for hydroxylation is 1. The largest absolute Gasteiger partial charge is 0.382 e. The lowest BCUT2D eigenvalue weighted by atomic mass is 10.1. The summed E-state index contributed by atoms with van der Waals surface area (Å²) in [5.41, 5.74) is 10.9. The van der Waals surface area contributed by atoms with Gasteiger partial charge in [0, 0.05) is 29.2 Å². The summed E-state index contributed by atoms with van der Waals surface area (Å²) in [5.74, 6) is 0.388. The standard InChI is InChI=1S/C20H19N5/c1-13-4-5-15-12-23-20(21)19(17(15)11-13)25-24-16-8-6-14(7-9-16)18-3-2-10-22-18/h4-9,11-12H,2-3,10H2,1H3,(H2,21,23). The molecule has 0 aliphatic carbocycles. The average Bonchev–Trinajstić information content (AvgIpc) is 3.16. The maximum Gasteiger partial charge on any atom is 0.151 e. The zero-order chi connectivity index (χ0) is 17.2. The van der Waals surface area contributed by atoms with Gasteiger partial charge in [0.15, 0.2) is 5.82 Å². The Kier molecular flexibility index (Phi) is 3.98. The Hall–Kier alpha value is -3.08. The van der Waals surface area contributed by atoms with Crippen molar-refractivity contribution in [2.45, 2.75) is 19.8 Å². The second-order valence-corrected chi connectivity index (χ2v) is 6.26. The fourth-order valence-electron chi connectivity index (χ4n) is 3.03. The fourth-order valence-corrected chi connectivity index (χ4v) is 3.03. The van der Waals surface area contributed by atoms with Crippen LogP contribution in [0.1, 0.15) is 24.0 Å². The van der Waals surface area contributed by atoms with Crippen molar-refractivity contribution in [2.75, 3.05) is 12.3 Å². The maximum absolute atomic E-state index is 6.03. The Morgan fingerprint density at radius 1 is 1.04 bits per heavy atom. The summed E-state index contributed by atoms with van der Waals surface area (Å²) in [6.45, 7) is 2.98. The van der Waals surface area contributed by atoms with Crippen molar-refractivity contribution in [2.24, 2.45) is 15.2 Å². The van der Waals surface area contributed by atoms with Crippen LogP contribution in [0, 0.1) is 6.92 Å². The number of fused-ring (bicyclic) bond motifs is 1. The molecule has 5 nitrogen and oxygen atoms in total. The topological polar surface area (TPSA) is 76.0 Å². The van der Waals surface area contributed by atoms with E-state index in [0.717, 1.165) is 41.4 Å². The number of hydrogen-bond donors (Lipinski definition) is 1. The second-order valence-electron chi connectivity index (χ2n) is 6.26. The van der Waals surface area contributed by atoms with E-state index in [-0.39, 0.29) is 0 Å². The van der Waals surface area contributed by atoms with E-state index >= 15 is 0 Å². The lowest BCUT2D eigenvalue weighted by Crippen LogP contribution is -1.94. The Bertz CT molecular complexity index is 982. The lowest BCUT2D eigenvalue weighted by molar-refractivity contribution is 0.951. The van der Waals surface area contributed by atoms with Crippen LogP contribution in [-0.2, 0) is 0 Å². The van der Waals surface area contributed by atoms with E-state index in [0.29, 0.717) is 11.5 Å². The summed E-state index contributed by atoms with van der Waals surface area (Å²) in [7, 11) is 0. The maximum atomic E-state index is 6.03. The first-order valence-corrected chi connectivity index (χ1v) is 8.41. The van der Waals surface area contributed by atoms with Gasteiger partial charge in [0.1, 0.15) is 5.69 Å². The third kappa shape index (κ3) is 3.13. The number of pyridine rings is 1. The highest BCUT2D eigenvalue weighted by Gasteiger charge is 2.09. The molecular formula is C20H19N5. The number of benzene rings is 2. The molecule has 25 heavy (non-hydrogen) atoms. The van der Waals surface area contributed by atoms with E-state index in [1.807, 2.05) is 43.3 Å². The number of nitrogens with two attached hydrogens (primary N) is 1. The van der Waals surface area contributed by atoms with E-state index < -0.39 is 0 Å². The molecule has 1 aliphatic heterocycles. The number of azo groups is 1. The first kappa shape index (κ1) is 15.4. The van der Waals surface area contributed by atoms with Crippen LogP contribution in [0.15, 0.2) is 63.9 Å². The van der Waals surface area contributed by atoms with E-state index in [2.05, 4.69) is 26.3 Å². The molecule has 2 heterocycles. The Morgan fingerprint density at radius 3 is 2.64 bits per heavy atom.